The van der Waals surface area contributed by atoms with Crippen molar-refractivity contribution in [2.24, 2.45) is 0 Å². The van der Waals surface area contributed by atoms with Crippen molar-refractivity contribution in [3.8, 4) is 0 Å². The van der Waals surface area contributed by atoms with Crippen molar-refractivity contribution in [1.82, 2.24) is 5.32 Å². The van der Waals surface area contributed by atoms with E-state index in [-0.39, 0.29) is 6.42 Å². The predicted octanol–water partition coefficient (Wildman–Crippen LogP) is 0.642. The summed E-state index contributed by atoms with van der Waals surface area (Å²) in [5.74, 6) is -0.682. The summed E-state index contributed by atoms with van der Waals surface area (Å²) in [7, 11) is 1.18. The van der Waals surface area contributed by atoms with Crippen LogP contribution in [-0.2, 0) is 19.1 Å². The zero-order valence-corrected chi connectivity index (χ0v) is 9.90. The van der Waals surface area contributed by atoms with Crippen molar-refractivity contribution in [3.05, 3.63) is 0 Å². The second-order valence-corrected chi connectivity index (χ2v) is 4.12. The number of carbonyl (C=O) groups is 3. The lowest BCUT2D eigenvalue weighted by Gasteiger charge is -2.21. The van der Waals surface area contributed by atoms with Crippen molar-refractivity contribution in [1.29, 1.82) is 0 Å². The number of rotatable bonds is 4. The molecule has 6 heteroatoms. The first-order valence-corrected chi connectivity index (χ1v) is 4.81. The van der Waals surface area contributed by atoms with Gasteiger partial charge < -0.3 is 19.6 Å². The first-order chi connectivity index (χ1) is 7.30. The van der Waals surface area contributed by atoms with Crippen LogP contribution in [0.15, 0.2) is 0 Å². The van der Waals surface area contributed by atoms with Crippen LogP contribution in [0.25, 0.3) is 0 Å². The minimum absolute atomic E-state index is 0.147. The number of amides is 1. The third-order valence-corrected chi connectivity index (χ3v) is 1.51. The fraction of sp³-hybridized carbons (Fsp3) is 0.700. The Hall–Kier alpha value is -1.59. The summed E-state index contributed by atoms with van der Waals surface area (Å²) in [5.41, 5.74) is -0.661. The number of nitrogens with one attached hydrogen (secondary N) is 1. The molecule has 1 amide bonds. The van der Waals surface area contributed by atoms with Crippen molar-refractivity contribution in [2.75, 3.05) is 7.11 Å². The molecule has 92 valence electrons. The van der Waals surface area contributed by atoms with Gasteiger partial charge in [-0.2, -0.15) is 0 Å². The van der Waals surface area contributed by atoms with E-state index < -0.39 is 23.7 Å². The van der Waals surface area contributed by atoms with Gasteiger partial charge in [0.2, 0.25) is 0 Å². The first-order valence-electron chi connectivity index (χ1n) is 4.81. The van der Waals surface area contributed by atoms with Gasteiger partial charge >= 0.3 is 12.1 Å². The molecule has 0 spiro atoms. The van der Waals surface area contributed by atoms with Gasteiger partial charge in [0.25, 0.3) is 0 Å². The van der Waals surface area contributed by atoms with Crippen LogP contribution < -0.4 is 5.32 Å². The van der Waals surface area contributed by atoms with Crippen molar-refractivity contribution >= 4 is 18.3 Å². The fourth-order valence-electron chi connectivity index (χ4n) is 0.902. The van der Waals surface area contributed by atoms with Crippen LogP contribution in [-0.4, -0.2) is 37.1 Å². The van der Waals surface area contributed by atoms with E-state index >= 15 is 0 Å². The maximum atomic E-state index is 11.3. The van der Waals surface area contributed by atoms with Crippen LogP contribution in [0.1, 0.15) is 27.2 Å². The Morgan fingerprint density at radius 1 is 1.38 bits per heavy atom. The Bertz CT molecular complexity index is 269. The van der Waals surface area contributed by atoms with Crippen molar-refractivity contribution in [2.45, 2.75) is 38.8 Å². The molecular formula is C10H17NO5. The lowest BCUT2D eigenvalue weighted by molar-refractivity contribution is -0.143. The fourth-order valence-corrected chi connectivity index (χ4v) is 0.902. The highest BCUT2D eigenvalue weighted by atomic mass is 16.6. The molecule has 0 aromatic carbocycles. The molecule has 0 unspecified atom stereocenters. The molecule has 0 bridgehead atoms. The number of aldehydes is 1. The SMILES string of the molecule is COC(=O)[C@@H](CC=O)NC(=O)OC(C)(C)C. The molecule has 0 fully saturated rings. The summed E-state index contributed by atoms with van der Waals surface area (Å²) in [5, 5.41) is 2.26. The third kappa shape index (κ3) is 6.00. The number of ether oxygens (including phenoxy) is 2. The minimum atomic E-state index is -1.00. The van der Waals surface area contributed by atoms with E-state index in [2.05, 4.69) is 10.1 Å². The average Bonchev–Trinajstić information content (AvgIpc) is 2.13. The number of hydrogen-bond donors (Lipinski definition) is 1. The van der Waals surface area contributed by atoms with Crippen LogP contribution in [0.3, 0.4) is 0 Å². The van der Waals surface area contributed by atoms with Crippen molar-refractivity contribution in [3.63, 3.8) is 0 Å². The first kappa shape index (κ1) is 14.4. The lowest BCUT2D eigenvalue weighted by atomic mass is 10.2. The zero-order chi connectivity index (χ0) is 12.8. The molecule has 0 saturated carbocycles. The Balaban J connectivity index is 4.34. The summed E-state index contributed by atoms with van der Waals surface area (Å²) < 4.78 is 9.36. The van der Waals surface area contributed by atoms with Gasteiger partial charge in [0, 0.05) is 6.42 Å². The average molecular weight is 231 g/mol. The monoisotopic (exact) mass is 231 g/mol. The lowest BCUT2D eigenvalue weighted by Crippen LogP contribution is -2.44. The second-order valence-electron chi connectivity index (χ2n) is 4.12. The largest absolute Gasteiger partial charge is 0.467 e. The molecular weight excluding hydrogens is 214 g/mol. The van der Waals surface area contributed by atoms with E-state index in [4.69, 9.17) is 4.74 Å². The Labute approximate surface area is 94.3 Å². The molecule has 1 N–H and O–H groups in total. The van der Waals surface area contributed by atoms with Crippen molar-refractivity contribution < 1.29 is 23.9 Å². The van der Waals surface area contributed by atoms with E-state index in [1.807, 2.05) is 0 Å². The molecule has 1 atom stereocenters. The Morgan fingerprint density at radius 3 is 2.31 bits per heavy atom. The summed E-state index contributed by atoms with van der Waals surface area (Å²) in [6, 6.07) is -1.00. The number of alkyl carbamates (subject to hydrolysis) is 1. The maximum absolute atomic E-state index is 11.3. The zero-order valence-electron chi connectivity index (χ0n) is 9.90. The molecule has 0 aliphatic heterocycles. The summed E-state index contributed by atoms with van der Waals surface area (Å²) in [6.07, 6.45) is -0.380. The van der Waals surface area contributed by atoms with E-state index in [1.165, 1.54) is 7.11 Å². The van der Waals surface area contributed by atoms with Gasteiger partial charge in [0.05, 0.1) is 7.11 Å². The summed E-state index contributed by atoms with van der Waals surface area (Å²) in [6.45, 7) is 5.08. The minimum Gasteiger partial charge on any atom is -0.467 e. The number of methoxy groups -OCH3 is 1. The van der Waals surface area contributed by atoms with Crippen LogP contribution in [0, 0.1) is 0 Å². The molecule has 0 radical (unpaired) electrons. The van der Waals surface area contributed by atoms with Gasteiger partial charge in [-0.05, 0) is 20.8 Å². The molecule has 0 saturated heterocycles. The van der Waals surface area contributed by atoms with Gasteiger partial charge in [-0.25, -0.2) is 9.59 Å². The predicted molar refractivity (Wildman–Crippen MR) is 55.9 cm³/mol. The molecule has 16 heavy (non-hydrogen) atoms. The van der Waals surface area contributed by atoms with Gasteiger partial charge in [0.1, 0.15) is 17.9 Å². The maximum Gasteiger partial charge on any atom is 0.408 e. The number of esters is 1. The van der Waals surface area contributed by atoms with Gasteiger partial charge in [0.15, 0.2) is 0 Å². The highest BCUT2D eigenvalue weighted by Gasteiger charge is 2.24. The molecule has 0 aliphatic rings. The van der Waals surface area contributed by atoms with Gasteiger partial charge in [-0.1, -0.05) is 0 Å². The van der Waals surface area contributed by atoms with E-state index in [0.29, 0.717) is 6.29 Å². The molecule has 0 aromatic heterocycles. The Kier molecular flexibility index (Phi) is 5.49. The molecule has 0 aliphatic carbocycles. The summed E-state index contributed by atoms with van der Waals surface area (Å²) in [4.78, 5) is 32.8. The number of carbonyl (C=O) groups excluding carboxylic acids is 3. The molecule has 0 rings (SSSR count). The molecule has 0 aromatic rings. The standard InChI is InChI=1S/C10H17NO5/c1-10(2,3)16-9(14)11-7(5-6-12)8(13)15-4/h6-7H,5H2,1-4H3,(H,11,14)/t7-/m1/s1. The Morgan fingerprint density at radius 2 is 1.94 bits per heavy atom. The molecule has 0 heterocycles. The molecule has 6 nitrogen and oxygen atoms in total. The quantitative estimate of drug-likeness (QED) is 0.567. The van der Waals surface area contributed by atoms with E-state index in [1.54, 1.807) is 20.8 Å². The van der Waals surface area contributed by atoms with Gasteiger partial charge in [-0.15, -0.1) is 0 Å². The topological polar surface area (TPSA) is 81.7 Å². The third-order valence-electron chi connectivity index (χ3n) is 1.51. The van der Waals surface area contributed by atoms with Crippen LogP contribution in [0.5, 0.6) is 0 Å². The highest BCUT2D eigenvalue weighted by Crippen LogP contribution is 2.07. The van der Waals surface area contributed by atoms with Crippen LogP contribution in [0.2, 0.25) is 0 Å². The highest BCUT2D eigenvalue weighted by molar-refractivity contribution is 5.83. The smallest absolute Gasteiger partial charge is 0.408 e. The number of hydrogen-bond acceptors (Lipinski definition) is 5. The van der Waals surface area contributed by atoms with Crippen LogP contribution in [0.4, 0.5) is 4.79 Å². The normalized spacial score (nSPS) is 12.5. The van der Waals surface area contributed by atoms with Crippen LogP contribution >= 0.6 is 0 Å². The second kappa shape index (κ2) is 6.09. The summed E-state index contributed by atoms with van der Waals surface area (Å²) >= 11 is 0. The van der Waals surface area contributed by atoms with E-state index in [9.17, 15) is 14.4 Å². The van der Waals surface area contributed by atoms with E-state index in [0.717, 1.165) is 0 Å². The van der Waals surface area contributed by atoms with Gasteiger partial charge in [-0.3, -0.25) is 0 Å².